The predicted molar refractivity (Wildman–Crippen MR) is 65.9 cm³/mol. The molecular formula is C11H12BrN3O. The van der Waals surface area contributed by atoms with Gasteiger partial charge in [-0.15, -0.1) is 0 Å². The van der Waals surface area contributed by atoms with Gasteiger partial charge in [-0.2, -0.15) is 0 Å². The van der Waals surface area contributed by atoms with Crippen molar-refractivity contribution in [3.05, 3.63) is 45.0 Å². The van der Waals surface area contributed by atoms with Crippen LogP contribution in [0.5, 0.6) is 0 Å². The predicted octanol–water partition coefficient (Wildman–Crippen LogP) is 2.28. The maximum atomic E-state index is 11.9. The van der Waals surface area contributed by atoms with Crippen molar-refractivity contribution in [3.8, 4) is 5.69 Å². The van der Waals surface area contributed by atoms with Crippen molar-refractivity contribution >= 4 is 15.9 Å². The average Bonchev–Trinajstić information content (AvgIpc) is 2.59. The van der Waals surface area contributed by atoms with Crippen LogP contribution in [-0.4, -0.2) is 14.8 Å². The first-order chi connectivity index (χ1) is 7.74. The molecular weight excluding hydrogens is 270 g/mol. The lowest BCUT2D eigenvalue weighted by Crippen LogP contribution is -2.14. The molecule has 2 aromatic rings. The van der Waals surface area contributed by atoms with Crippen molar-refractivity contribution in [2.45, 2.75) is 19.8 Å². The third-order valence-corrected chi connectivity index (χ3v) is 3.14. The number of aryl methyl sites for hydroxylation is 1. The molecule has 0 aliphatic carbocycles. The first kappa shape index (κ1) is 11.1. The Kier molecular flexibility index (Phi) is 3.24. The molecule has 0 bridgehead atoms. The van der Waals surface area contributed by atoms with Crippen LogP contribution in [-0.2, 0) is 6.42 Å². The van der Waals surface area contributed by atoms with E-state index in [0.29, 0.717) is 4.47 Å². The van der Waals surface area contributed by atoms with Crippen LogP contribution in [0, 0.1) is 0 Å². The van der Waals surface area contributed by atoms with Gasteiger partial charge in [0.1, 0.15) is 4.47 Å². The van der Waals surface area contributed by atoms with Crippen molar-refractivity contribution in [2.24, 2.45) is 0 Å². The molecule has 0 aliphatic heterocycles. The van der Waals surface area contributed by atoms with Gasteiger partial charge in [-0.25, -0.2) is 4.68 Å². The van der Waals surface area contributed by atoms with Gasteiger partial charge < -0.3 is 0 Å². The fourth-order valence-electron chi connectivity index (χ4n) is 1.55. The zero-order valence-corrected chi connectivity index (χ0v) is 10.5. The highest BCUT2D eigenvalue weighted by atomic mass is 79.9. The highest BCUT2D eigenvalue weighted by Gasteiger charge is 2.11. The second-order valence-electron chi connectivity index (χ2n) is 3.50. The number of nitrogens with one attached hydrogen (secondary N) is 1. The number of rotatable bonds is 3. The molecule has 0 spiro atoms. The SMILES string of the molecule is CCCc1[nH]n(-c2ccncc2)c(=O)c1Br. The summed E-state index contributed by atoms with van der Waals surface area (Å²) >= 11 is 3.32. The third-order valence-electron chi connectivity index (χ3n) is 2.32. The molecule has 0 radical (unpaired) electrons. The van der Waals surface area contributed by atoms with Gasteiger partial charge in [-0.3, -0.25) is 14.9 Å². The second-order valence-corrected chi connectivity index (χ2v) is 4.29. The highest BCUT2D eigenvalue weighted by Crippen LogP contribution is 2.13. The standard InChI is InChI=1S/C11H12BrN3O/c1-2-3-9-10(12)11(16)15(14-9)8-4-6-13-7-5-8/h4-7,14H,2-3H2,1H3. The maximum absolute atomic E-state index is 11.9. The van der Waals surface area contributed by atoms with Gasteiger partial charge in [0.05, 0.1) is 11.4 Å². The topological polar surface area (TPSA) is 50.7 Å². The van der Waals surface area contributed by atoms with Gasteiger partial charge in [-0.1, -0.05) is 13.3 Å². The van der Waals surface area contributed by atoms with E-state index in [4.69, 9.17) is 0 Å². The molecule has 0 unspecified atom stereocenters. The van der Waals surface area contributed by atoms with E-state index < -0.39 is 0 Å². The number of pyridine rings is 1. The maximum Gasteiger partial charge on any atom is 0.285 e. The van der Waals surface area contributed by atoms with E-state index in [0.717, 1.165) is 24.2 Å². The van der Waals surface area contributed by atoms with Crippen LogP contribution in [0.4, 0.5) is 0 Å². The Morgan fingerprint density at radius 1 is 1.44 bits per heavy atom. The van der Waals surface area contributed by atoms with Crippen molar-refractivity contribution in [3.63, 3.8) is 0 Å². The lowest BCUT2D eigenvalue weighted by Gasteiger charge is -1.99. The molecule has 2 rings (SSSR count). The molecule has 0 atom stereocenters. The summed E-state index contributed by atoms with van der Waals surface area (Å²) in [7, 11) is 0. The number of aromatic nitrogens is 3. The fourth-order valence-corrected chi connectivity index (χ4v) is 2.02. The van der Waals surface area contributed by atoms with Crippen molar-refractivity contribution in [2.75, 3.05) is 0 Å². The summed E-state index contributed by atoms with van der Waals surface area (Å²) in [5.41, 5.74) is 1.67. The van der Waals surface area contributed by atoms with Crippen LogP contribution in [0.25, 0.3) is 5.69 Å². The molecule has 0 aromatic carbocycles. The number of hydrogen-bond donors (Lipinski definition) is 1. The van der Waals surface area contributed by atoms with Crippen LogP contribution in [0.1, 0.15) is 19.0 Å². The lowest BCUT2D eigenvalue weighted by atomic mass is 10.3. The zero-order chi connectivity index (χ0) is 11.5. The number of hydrogen-bond acceptors (Lipinski definition) is 2. The summed E-state index contributed by atoms with van der Waals surface area (Å²) in [5.74, 6) is 0. The van der Waals surface area contributed by atoms with E-state index in [-0.39, 0.29) is 5.56 Å². The summed E-state index contributed by atoms with van der Waals surface area (Å²) in [6.45, 7) is 2.08. The Balaban J connectivity index is 2.51. The molecule has 0 aliphatic rings. The second kappa shape index (κ2) is 4.65. The van der Waals surface area contributed by atoms with Crippen LogP contribution in [0.15, 0.2) is 33.8 Å². The lowest BCUT2D eigenvalue weighted by molar-refractivity contribution is 0.792. The number of aromatic amines is 1. The molecule has 4 nitrogen and oxygen atoms in total. The van der Waals surface area contributed by atoms with E-state index >= 15 is 0 Å². The van der Waals surface area contributed by atoms with Crippen LogP contribution >= 0.6 is 15.9 Å². The Labute approximate surface area is 101 Å². The smallest absolute Gasteiger partial charge is 0.285 e. The molecule has 0 amide bonds. The Bertz CT molecular complexity index is 530. The summed E-state index contributed by atoms with van der Waals surface area (Å²) in [6.07, 6.45) is 5.18. The normalized spacial score (nSPS) is 10.6. The molecule has 5 heteroatoms. The quantitative estimate of drug-likeness (QED) is 0.938. The average molecular weight is 282 g/mol. The summed E-state index contributed by atoms with van der Waals surface area (Å²) in [4.78, 5) is 15.9. The number of nitrogens with zero attached hydrogens (tertiary/aromatic N) is 2. The molecule has 1 N–H and O–H groups in total. The van der Waals surface area contributed by atoms with E-state index in [1.807, 2.05) is 0 Å². The summed E-state index contributed by atoms with van der Waals surface area (Å²) < 4.78 is 2.14. The van der Waals surface area contributed by atoms with Crippen molar-refractivity contribution in [1.29, 1.82) is 0 Å². The van der Waals surface area contributed by atoms with Crippen molar-refractivity contribution in [1.82, 2.24) is 14.8 Å². The monoisotopic (exact) mass is 281 g/mol. The molecule has 0 fully saturated rings. The van der Waals surface area contributed by atoms with Gasteiger partial charge >= 0.3 is 0 Å². The van der Waals surface area contributed by atoms with Crippen LogP contribution in [0.2, 0.25) is 0 Å². The molecule has 16 heavy (non-hydrogen) atoms. The van der Waals surface area contributed by atoms with Crippen LogP contribution in [0.3, 0.4) is 0 Å². The minimum atomic E-state index is -0.0605. The van der Waals surface area contributed by atoms with Gasteiger partial charge in [0.25, 0.3) is 5.56 Å². The van der Waals surface area contributed by atoms with E-state index in [1.165, 1.54) is 4.68 Å². The van der Waals surface area contributed by atoms with E-state index in [1.54, 1.807) is 24.5 Å². The van der Waals surface area contributed by atoms with Gasteiger partial charge in [0.15, 0.2) is 0 Å². The first-order valence-corrected chi connectivity index (χ1v) is 5.93. The Morgan fingerprint density at radius 3 is 2.75 bits per heavy atom. The zero-order valence-electron chi connectivity index (χ0n) is 8.90. The van der Waals surface area contributed by atoms with Gasteiger partial charge in [0, 0.05) is 12.4 Å². The number of H-pyrrole nitrogens is 1. The molecule has 84 valence electrons. The van der Waals surface area contributed by atoms with E-state index in [2.05, 4.69) is 32.9 Å². The molecule has 0 saturated heterocycles. The highest BCUT2D eigenvalue weighted by molar-refractivity contribution is 9.10. The molecule has 2 heterocycles. The first-order valence-electron chi connectivity index (χ1n) is 5.14. The van der Waals surface area contributed by atoms with Gasteiger partial charge in [-0.05, 0) is 34.5 Å². The summed E-state index contributed by atoms with van der Waals surface area (Å²) in [6, 6.07) is 3.58. The largest absolute Gasteiger partial charge is 0.294 e. The number of halogens is 1. The molecule has 2 aromatic heterocycles. The van der Waals surface area contributed by atoms with Crippen LogP contribution < -0.4 is 5.56 Å². The van der Waals surface area contributed by atoms with E-state index in [9.17, 15) is 4.79 Å². The minimum absolute atomic E-state index is 0.0605. The fraction of sp³-hybridized carbons (Fsp3) is 0.273. The minimum Gasteiger partial charge on any atom is -0.294 e. The Morgan fingerprint density at radius 2 is 2.12 bits per heavy atom. The van der Waals surface area contributed by atoms with Crippen molar-refractivity contribution < 1.29 is 0 Å². The summed E-state index contributed by atoms with van der Waals surface area (Å²) in [5, 5.41) is 3.10. The molecule has 0 saturated carbocycles. The van der Waals surface area contributed by atoms with Gasteiger partial charge in [0.2, 0.25) is 0 Å². The Hall–Kier alpha value is -1.36. The third kappa shape index (κ3) is 1.95.